The molecule has 0 spiro atoms. The zero-order chi connectivity index (χ0) is 22.1. The molecule has 31 heavy (non-hydrogen) atoms. The van der Waals surface area contributed by atoms with E-state index in [0.717, 1.165) is 22.1 Å². The minimum atomic E-state index is -0.301. The summed E-state index contributed by atoms with van der Waals surface area (Å²) in [5, 5.41) is 14.3. The molecule has 0 aliphatic carbocycles. The molecule has 1 aliphatic rings. The van der Waals surface area contributed by atoms with Gasteiger partial charge in [0.05, 0.1) is 12.1 Å². The highest BCUT2D eigenvalue weighted by Crippen LogP contribution is 2.40. The lowest BCUT2D eigenvalue weighted by molar-refractivity contribution is 0.159. The molecule has 0 radical (unpaired) electrons. The van der Waals surface area contributed by atoms with E-state index in [1.165, 1.54) is 6.07 Å². The average molecular weight is 423 g/mol. The number of hydrogen-bond donors (Lipinski definition) is 2. The highest BCUT2D eigenvalue weighted by Gasteiger charge is 2.23. The summed E-state index contributed by atoms with van der Waals surface area (Å²) in [7, 11) is 0. The molecule has 1 amide bonds. The Morgan fingerprint density at radius 1 is 1.26 bits per heavy atom. The molecule has 1 aromatic heterocycles. The third-order valence-electron chi connectivity index (χ3n) is 5.55. The van der Waals surface area contributed by atoms with Crippen molar-refractivity contribution in [1.82, 2.24) is 9.88 Å². The molecule has 0 bridgehead atoms. The van der Waals surface area contributed by atoms with Gasteiger partial charge in [0.25, 0.3) is 0 Å². The molecule has 1 fully saturated rings. The first-order chi connectivity index (χ1) is 14.8. The fourth-order valence-corrected chi connectivity index (χ4v) is 4.01. The number of amides is 1. The summed E-state index contributed by atoms with van der Waals surface area (Å²) in [6.45, 7) is 7.93. The lowest BCUT2D eigenvalue weighted by atomic mass is 9.89. The van der Waals surface area contributed by atoms with Crippen LogP contribution in [-0.2, 0) is 4.74 Å². The number of aromatic nitrogens is 1. The summed E-state index contributed by atoms with van der Waals surface area (Å²) in [5.74, 6) is 0.703. The molecule has 6 nitrogen and oxygen atoms in total. The van der Waals surface area contributed by atoms with E-state index in [1.54, 1.807) is 30.0 Å². The number of anilines is 1. The second-order valence-corrected chi connectivity index (χ2v) is 8.10. The smallest absolute Gasteiger partial charge is 0.409 e. The summed E-state index contributed by atoms with van der Waals surface area (Å²) in [4.78, 5) is 18.1. The Hall–Kier alpha value is -3.35. The van der Waals surface area contributed by atoms with Crippen molar-refractivity contribution >= 4 is 22.8 Å². The number of phenolic OH excluding ortho intramolecular Hbond substituents is 1. The fraction of sp³-hybridized carbons (Fsp3) is 0.333. The minimum absolute atomic E-state index is 0.129. The molecule has 7 heteroatoms. The first-order valence-electron chi connectivity index (χ1n) is 10.4. The molecule has 0 saturated carbocycles. The van der Waals surface area contributed by atoms with Gasteiger partial charge in [-0.25, -0.2) is 14.2 Å². The summed E-state index contributed by atoms with van der Waals surface area (Å²) in [6.07, 6.45) is -0.301. The Balaban J connectivity index is 1.82. The third-order valence-corrected chi connectivity index (χ3v) is 5.55. The molecule has 1 aliphatic heterocycles. The third kappa shape index (κ3) is 4.13. The first kappa shape index (κ1) is 20.9. The number of carbonyl (C=O) groups excluding carboxylic acids is 1. The van der Waals surface area contributed by atoms with Crippen molar-refractivity contribution in [2.75, 3.05) is 31.6 Å². The molecule has 1 saturated heterocycles. The maximum atomic E-state index is 14.0. The summed E-state index contributed by atoms with van der Waals surface area (Å²) < 4.78 is 18.9. The molecule has 2 heterocycles. The number of ether oxygens (including phenoxy) is 1. The number of nitrogens with one attached hydrogen (secondary N) is 1. The number of phenols is 1. The van der Waals surface area contributed by atoms with Gasteiger partial charge in [-0.05, 0) is 53.8 Å². The normalized spacial score (nSPS) is 13.8. The number of cyclic esters (lactones) is 1. The number of aromatic hydroxyl groups is 1. The number of rotatable bonds is 6. The molecule has 0 atom stereocenters. The Kier molecular flexibility index (Phi) is 5.67. The van der Waals surface area contributed by atoms with Gasteiger partial charge >= 0.3 is 6.09 Å². The molecular formula is C24H26FN3O3. The van der Waals surface area contributed by atoms with Crippen molar-refractivity contribution in [2.24, 2.45) is 0 Å². The van der Waals surface area contributed by atoms with E-state index in [9.17, 15) is 14.3 Å². The van der Waals surface area contributed by atoms with Gasteiger partial charge in [-0.2, -0.15) is 0 Å². The van der Waals surface area contributed by atoms with Gasteiger partial charge in [0, 0.05) is 30.1 Å². The van der Waals surface area contributed by atoms with Crippen LogP contribution in [0.1, 0.15) is 30.9 Å². The van der Waals surface area contributed by atoms with Gasteiger partial charge in [0.1, 0.15) is 24.0 Å². The molecular weight excluding hydrogens is 397 g/mol. The zero-order valence-electron chi connectivity index (χ0n) is 17.9. The fourth-order valence-electron chi connectivity index (χ4n) is 4.01. The zero-order valence-corrected chi connectivity index (χ0v) is 17.9. The largest absolute Gasteiger partial charge is 0.508 e. The Morgan fingerprint density at radius 2 is 2.06 bits per heavy atom. The van der Waals surface area contributed by atoms with Crippen molar-refractivity contribution in [3.05, 3.63) is 53.3 Å². The van der Waals surface area contributed by atoms with Crippen LogP contribution in [-0.4, -0.2) is 47.3 Å². The maximum Gasteiger partial charge on any atom is 0.409 e. The van der Waals surface area contributed by atoms with Gasteiger partial charge in [-0.1, -0.05) is 19.9 Å². The van der Waals surface area contributed by atoms with Crippen LogP contribution in [0.4, 0.5) is 15.0 Å². The number of carbonyl (C=O) groups is 1. The quantitative estimate of drug-likeness (QED) is 0.581. The van der Waals surface area contributed by atoms with Gasteiger partial charge < -0.3 is 20.1 Å². The van der Waals surface area contributed by atoms with E-state index < -0.39 is 0 Å². The van der Waals surface area contributed by atoms with Crippen LogP contribution < -0.4 is 5.32 Å². The number of benzene rings is 2. The molecule has 3 aromatic rings. The van der Waals surface area contributed by atoms with Crippen molar-refractivity contribution < 1.29 is 19.0 Å². The van der Waals surface area contributed by atoms with Crippen molar-refractivity contribution in [3.63, 3.8) is 0 Å². The summed E-state index contributed by atoms with van der Waals surface area (Å²) >= 11 is 0. The predicted octanol–water partition coefficient (Wildman–Crippen LogP) is 5.04. The van der Waals surface area contributed by atoms with Crippen LogP contribution in [0.15, 0.2) is 36.4 Å². The van der Waals surface area contributed by atoms with Crippen LogP contribution in [0.25, 0.3) is 22.0 Å². The number of hydrogen-bond acceptors (Lipinski definition) is 5. The number of fused-ring (bicyclic) bond motifs is 1. The van der Waals surface area contributed by atoms with E-state index in [0.29, 0.717) is 43.1 Å². The van der Waals surface area contributed by atoms with E-state index >= 15 is 0 Å². The Bertz CT molecular complexity index is 1150. The summed E-state index contributed by atoms with van der Waals surface area (Å²) in [6, 6.07) is 10.2. The van der Waals surface area contributed by atoms with Crippen LogP contribution in [0.2, 0.25) is 0 Å². The molecule has 2 N–H and O–H groups in total. The lowest BCUT2D eigenvalue weighted by Gasteiger charge is -2.22. The van der Waals surface area contributed by atoms with Crippen molar-refractivity contribution in [1.29, 1.82) is 0 Å². The van der Waals surface area contributed by atoms with E-state index in [-0.39, 0.29) is 23.6 Å². The number of nitrogens with zero attached hydrogens (tertiary/aromatic N) is 2. The highest BCUT2D eigenvalue weighted by molar-refractivity contribution is 5.99. The molecule has 2 aromatic carbocycles. The SMILES string of the molecule is Cc1cc(-c2c(C(C)C)c(NCCN3CCOC3=O)nc3cc(O)ccc23)ccc1F. The van der Waals surface area contributed by atoms with Crippen LogP contribution in [0.5, 0.6) is 5.75 Å². The maximum absolute atomic E-state index is 14.0. The van der Waals surface area contributed by atoms with E-state index in [2.05, 4.69) is 19.2 Å². The van der Waals surface area contributed by atoms with E-state index in [1.807, 2.05) is 12.1 Å². The number of halogens is 1. The number of pyridine rings is 1. The van der Waals surface area contributed by atoms with Crippen LogP contribution >= 0.6 is 0 Å². The minimum Gasteiger partial charge on any atom is -0.508 e. The molecule has 0 unspecified atom stereocenters. The monoisotopic (exact) mass is 423 g/mol. The van der Waals surface area contributed by atoms with Crippen molar-refractivity contribution in [2.45, 2.75) is 26.7 Å². The average Bonchev–Trinajstić information content (AvgIpc) is 3.13. The van der Waals surface area contributed by atoms with Gasteiger partial charge in [0.15, 0.2) is 0 Å². The Labute approximate surface area is 180 Å². The highest BCUT2D eigenvalue weighted by atomic mass is 19.1. The standard InChI is InChI=1S/C24H26FN3O3/c1-14(2)21-22(16-4-7-19(25)15(3)12-16)18-6-5-17(29)13-20(18)27-23(21)26-8-9-28-10-11-31-24(28)30/h4-7,12-14,29H,8-11H2,1-3H3,(H,26,27). The molecule has 162 valence electrons. The first-order valence-corrected chi connectivity index (χ1v) is 10.4. The second kappa shape index (κ2) is 8.41. The van der Waals surface area contributed by atoms with Crippen molar-refractivity contribution in [3.8, 4) is 16.9 Å². The predicted molar refractivity (Wildman–Crippen MR) is 119 cm³/mol. The Morgan fingerprint density at radius 3 is 2.74 bits per heavy atom. The number of aryl methyl sites for hydroxylation is 1. The van der Waals surface area contributed by atoms with Crippen LogP contribution in [0.3, 0.4) is 0 Å². The summed E-state index contributed by atoms with van der Waals surface area (Å²) in [5.41, 5.74) is 4.08. The van der Waals surface area contributed by atoms with Gasteiger partial charge in [0.2, 0.25) is 0 Å². The van der Waals surface area contributed by atoms with Gasteiger partial charge in [-0.3, -0.25) is 0 Å². The van der Waals surface area contributed by atoms with Gasteiger partial charge in [-0.15, -0.1) is 0 Å². The van der Waals surface area contributed by atoms with Crippen LogP contribution in [0, 0.1) is 12.7 Å². The second-order valence-electron chi connectivity index (χ2n) is 8.10. The molecule has 4 rings (SSSR count). The topological polar surface area (TPSA) is 74.7 Å². The lowest BCUT2D eigenvalue weighted by Crippen LogP contribution is -2.30. The van der Waals surface area contributed by atoms with E-state index in [4.69, 9.17) is 9.72 Å².